The highest BCUT2D eigenvalue weighted by Crippen LogP contribution is 2.64. The predicted octanol–water partition coefficient (Wildman–Crippen LogP) is 4.55. The molecule has 1 N–H and O–H groups in total. The maximum atomic E-state index is 14.2. The Hall–Kier alpha value is -2.92. The van der Waals surface area contributed by atoms with E-state index in [2.05, 4.69) is 4.90 Å². The minimum Gasteiger partial charge on any atom is -0.480 e. The van der Waals surface area contributed by atoms with Crippen LogP contribution in [0.3, 0.4) is 0 Å². The summed E-state index contributed by atoms with van der Waals surface area (Å²) in [5, 5.41) is 10.6. The number of likely N-dealkylation sites (N-methyl/N-ethyl adjacent to an activating group) is 1. The summed E-state index contributed by atoms with van der Waals surface area (Å²) in [6.45, 7) is 2.16. The van der Waals surface area contributed by atoms with Crippen LogP contribution in [0.4, 0.5) is 0 Å². The van der Waals surface area contributed by atoms with Crippen LogP contribution in [0.25, 0.3) is 11.1 Å². The molecule has 172 valence electrons. The quantitative estimate of drug-likeness (QED) is 0.664. The van der Waals surface area contributed by atoms with Gasteiger partial charge >= 0.3 is 5.97 Å². The number of hydrogen-bond acceptors (Lipinski definition) is 3. The molecular formula is C28H32N2O3. The first-order valence-electron chi connectivity index (χ1n) is 12.2. The monoisotopic (exact) mass is 444 g/mol. The number of carboxylic acid groups (broad SMARTS) is 1. The number of likely N-dealkylation sites (tertiary alicyclic amines) is 1. The van der Waals surface area contributed by atoms with Crippen molar-refractivity contribution in [3.8, 4) is 0 Å². The van der Waals surface area contributed by atoms with Gasteiger partial charge in [-0.3, -0.25) is 14.5 Å². The molecule has 33 heavy (non-hydrogen) atoms. The highest BCUT2D eigenvalue weighted by Gasteiger charge is 2.67. The minimum absolute atomic E-state index is 0.0511. The molecule has 5 heteroatoms. The third kappa shape index (κ3) is 3.59. The van der Waals surface area contributed by atoms with Crippen molar-refractivity contribution in [2.24, 2.45) is 5.41 Å². The van der Waals surface area contributed by atoms with Crippen molar-refractivity contribution >= 4 is 23.0 Å². The molecule has 1 amide bonds. The average molecular weight is 445 g/mol. The highest BCUT2D eigenvalue weighted by molar-refractivity contribution is 6.39. The van der Waals surface area contributed by atoms with Crippen LogP contribution in [-0.4, -0.2) is 59.0 Å². The van der Waals surface area contributed by atoms with E-state index in [0.29, 0.717) is 17.2 Å². The second kappa shape index (κ2) is 8.79. The molecule has 2 atom stereocenters. The largest absolute Gasteiger partial charge is 0.480 e. The second-order valence-corrected chi connectivity index (χ2v) is 9.62. The number of hydrogen-bond donors (Lipinski definition) is 1. The first-order valence-corrected chi connectivity index (χ1v) is 12.2. The lowest BCUT2D eigenvalue weighted by Crippen LogP contribution is -2.55. The van der Waals surface area contributed by atoms with E-state index in [4.69, 9.17) is 0 Å². The van der Waals surface area contributed by atoms with Gasteiger partial charge in [-0.15, -0.1) is 0 Å². The normalized spacial score (nSPS) is 24.5. The topological polar surface area (TPSA) is 60.9 Å². The molecule has 2 aromatic rings. The van der Waals surface area contributed by atoms with Gasteiger partial charge in [-0.1, -0.05) is 73.5 Å². The molecule has 0 spiro atoms. The summed E-state index contributed by atoms with van der Waals surface area (Å²) in [4.78, 5) is 31.4. The van der Waals surface area contributed by atoms with Crippen molar-refractivity contribution in [1.82, 2.24) is 9.80 Å². The van der Waals surface area contributed by atoms with Crippen molar-refractivity contribution in [3.05, 3.63) is 71.8 Å². The van der Waals surface area contributed by atoms with E-state index in [1.807, 2.05) is 67.7 Å². The first kappa shape index (κ1) is 21.9. The fourth-order valence-electron chi connectivity index (χ4n) is 6.19. The van der Waals surface area contributed by atoms with Crippen molar-refractivity contribution in [2.45, 2.75) is 50.6 Å². The van der Waals surface area contributed by atoms with Crippen LogP contribution in [0, 0.1) is 5.41 Å². The van der Waals surface area contributed by atoms with E-state index in [-0.39, 0.29) is 11.9 Å². The average Bonchev–Trinajstić information content (AvgIpc) is 3.28. The lowest BCUT2D eigenvalue weighted by molar-refractivity contribution is -0.152. The molecule has 2 aromatic carbocycles. The van der Waals surface area contributed by atoms with Crippen LogP contribution in [0.5, 0.6) is 0 Å². The molecule has 3 aliphatic rings. The number of benzene rings is 2. The Balaban J connectivity index is 1.53. The van der Waals surface area contributed by atoms with E-state index in [0.717, 1.165) is 43.5 Å². The summed E-state index contributed by atoms with van der Waals surface area (Å²) in [5.41, 5.74) is 1.25. The number of amides is 1. The third-order valence-corrected chi connectivity index (χ3v) is 7.83. The molecule has 0 bridgehead atoms. The van der Waals surface area contributed by atoms with E-state index < -0.39 is 11.4 Å². The van der Waals surface area contributed by atoms with Gasteiger partial charge in [-0.2, -0.15) is 0 Å². The number of carbonyl (C=O) groups excluding carboxylic acids is 1. The summed E-state index contributed by atoms with van der Waals surface area (Å²) < 4.78 is 0. The standard InChI is InChI=1S/C28H32N2O3/c1-29(22-16-8-9-17-23(22)30-18-10-11-19-30)26(31)28(27(32)33)24(20-12-4-2-5-13-20)25(28)21-14-6-3-7-15-21/h2-7,12-15,22-23H,8-11,16-19H2,1H3,(H,32,33)/t22-,23-/m1/s1. The Morgan fingerprint density at radius 1 is 0.848 bits per heavy atom. The lowest BCUT2D eigenvalue weighted by atomic mass is 9.85. The van der Waals surface area contributed by atoms with Gasteiger partial charge in [-0.25, -0.2) is 0 Å². The van der Waals surface area contributed by atoms with Gasteiger partial charge in [0.05, 0.1) is 0 Å². The van der Waals surface area contributed by atoms with Crippen molar-refractivity contribution in [3.63, 3.8) is 0 Å². The Morgan fingerprint density at radius 3 is 1.88 bits per heavy atom. The van der Waals surface area contributed by atoms with Gasteiger partial charge in [0.2, 0.25) is 5.91 Å². The molecule has 0 aromatic heterocycles. The van der Waals surface area contributed by atoms with Gasteiger partial charge in [0.1, 0.15) is 0 Å². The summed E-state index contributed by atoms with van der Waals surface area (Å²) in [6.07, 6.45) is 6.67. The molecule has 0 unspecified atom stereocenters. The van der Waals surface area contributed by atoms with E-state index in [1.165, 1.54) is 19.3 Å². The third-order valence-electron chi connectivity index (χ3n) is 7.83. The minimum atomic E-state index is -1.62. The van der Waals surface area contributed by atoms with Gasteiger partial charge < -0.3 is 10.0 Å². The van der Waals surface area contributed by atoms with Gasteiger partial charge in [-0.05, 0) is 61.0 Å². The number of aliphatic carboxylic acids is 1. The Kier molecular flexibility index (Phi) is 5.83. The van der Waals surface area contributed by atoms with Crippen LogP contribution >= 0.6 is 0 Å². The van der Waals surface area contributed by atoms with Gasteiger partial charge in [0, 0.05) is 19.1 Å². The maximum absolute atomic E-state index is 14.2. The second-order valence-electron chi connectivity index (χ2n) is 9.62. The van der Waals surface area contributed by atoms with E-state index in [9.17, 15) is 14.7 Å². The summed E-state index contributed by atoms with van der Waals surface area (Å²) in [5.74, 6) is -1.38. The van der Waals surface area contributed by atoms with Crippen molar-refractivity contribution in [1.29, 1.82) is 0 Å². The summed E-state index contributed by atoms with van der Waals surface area (Å²) >= 11 is 0. The Bertz CT molecular complexity index is 1010. The molecule has 5 nitrogen and oxygen atoms in total. The maximum Gasteiger partial charge on any atom is 0.328 e. The molecule has 5 rings (SSSR count). The fourth-order valence-corrected chi connectivity index (χ4v) is 6.19. The molecule has 1 heterocycles. The zero-order chi connectivity index (χ0) is 23.0. The number of rotatable bonds is 6. The van der Waals surface area contributed by atoms with Crippen LogP contribution in [-0.2, 0) is 9.59 Å². The van der Waals surface area contributed by atoms with Crippen molar-refractivity contribution < 1.29 is 14.7 Å². The molecule has 0 radical (unpaired) electrons. The zero-order valence-corrected chi connectivity index (χ0v) is 19.2. The number of nitrogens with zero attached hydrogens (tertiary/aromatic N) is 2. The zero-order valence-electron chi connectivity index (χ0n) is 19.2. The Morgan fingerprint density at radius 2 is 1.36 bits per heavy atom. The van der Waals surface area contributed by atoms with Crippen LogP contribution in [0.1, 0.15) is 49.7 Å². The van der Waals surface area contributed by atoms with Gasteiger partial charge in [0.15, 0.2) is 5.41 Å². The number of carbonyl (C=O) groups is 2. The Labute approximate surface area is 195 Å². The van der Waals surface area contributed by atoms with Crippen LogP contribution in [0.2, 0.25) is 0 Å². The lowest BCUT2D eigenvalue weighted by Gasteiger charge is -2.43. The molecule has 1 saturated carbocycles. The van der Waals surface area contributed by atoms with E-state index >= 15 is 0 Å². The SMILES string of the molecule is CN(C(=O)C1(C(=O)O)C(c2ccccc2)=C1c1ccccc1)[C@@H]1CCCC[C@H]1N1CCCC1. The summed E-state index contributed by atoms with van der Waals surface area (Å²) in [7, 11) is 1.83. The fraction of sp³-hybridized carbons (Fsp3) is 0.429. The van der Waals surface area contributed by atoms with Crippen LogP contribution < -0.4 is 0 Å². The number of carboxylic acids is 1. The van der Waals surface area contributed by atoms with E-state index in [1.54, 1.807) is 4.90 Å². The molecule has 1 aliphatic heterocycles. The molecule has 2 fully saturated rings. The first-order chi connectivity index (χ1) is 16.1. The smallest absolute Gasteiger partial charge is 0.328 e. The summed E-state index contributed by atoms with van der Waals surface area (Å²) in [6, 6.07) is 19.4. The van der Waals surface area contributed by atoms with Crippen molar-refractivity contribution in [2.75, 3.05) is 20.1 Å². The molecule has 1 saturated heterocycles. The molecule has 2 aliphatic carbocycles. The predicted molar refractivity (Wildman–Crippen MR) is 129 cm³/mol. The van der Waals surface area contributed by atoms with Gasteiger partial charge in [0.25, 0.3) is 0 Å². The highest BCUT2D eigenvalue weighted by atomic mass is 16.4. The molecular weight excluding hydrogens is 412 g/mol. The van der Waals surface area contributed by atoms with Crippen LogP contribution in [0.15, 0.2) is 60.7 Å².